The van der Waals surface area contributed by atoms with E-state index in [9.17, 15) is 4.39 Å². The molecule has 1 aliphatic rings. The van der Waals surface area contributed by atoms with E-state index in [1.54, 1.807) is 0 Å². The minimum absolute atomic E-state index is 0.191. The van der Waals surface area contributed by atoms with Gasteiger partial charge in [-0.25, -0.2) is 9.37 Å². The number of benzene rings is 1. The third-order valence-corrected chi connectivity index (χ3v) is 3.47. The Bertz CT molecular complexity index is 545. The van der Waals surface area contributed by atoms with Crippen molar-refractivity contribution in [1.82, 2.24) is 14.9 Å². The molecule has 0 saturated heterocycles. The number of fused-ring (bicyclic) bond motifs is 1. The van der Waals surface area contributed by atoms with Gasteiger partial charge >= 0.3 is 0 Å². The third kappa shape index (κ3) is 2.04. The second-order valence-corrected chi connectivity index (χ2v) is 4.76. The molecule has 2 heterocycles. The molecule has 18 heavy (non-hydrogen) atoms. The summed E-state index contributed by atoms with van der Waals surface area (Å²) in [6, 6.07) is 6.98. The molecular weight excluding hydrogens is 229 g/mol. The van der Waals surface area contributed by atoms with Crippen molar-refractivity contribution < 1.29 is 4.39 Å². The van der Waals surface area contributed by atoms with E-state index in [1.807, 2.05) is 18.5 Å². The molecule has 3 rings (SSSR count). The molecule has 1 aliphatic heterocycles. The molecule has 1 aromatic heterocycles. The van der Waals surface area contributed by atoms with Crippen LogP contribution in [0.4, 0.5) is 4.39 Å². The standard InChI is InChI=1S/C14H16FN3/c1-10-14-13(6-7-16-10)18(9-17-14)8-11-2-4-12(15)5-3-11/h2-5,9-10,16H,6-8H2,1H3. The Balaban J connectivity index is 1.87. The van der Waals surface area contributed by atoms with E-state index in [-0.39, 0.29) is 5.82 Å². The fourth-order valence-corrected chi connectivity index (χ4v) is 2.48. The van der Waals surface area contributed by atoms with Crippen LogP contribution >= 0.6 is 0 Å². The number of imidazole rings is 1. The summed E-state index contributed by atoms with van der Waals surface area (Å²) in [4.78, 5) is 4.48. The molecule has 0 bridgehead atoms. The van der Waals surface area contributed by atoms with E-state index in [0.717, 1.165) is 30.8 Å². The van der Waals surface area contributed by atoms with Crippen molar-refractivity contribution in [1.29, 1.82) is 0 Å². The molecular formula is C14H16FN3. The van der Waals surface area contributed by atoms with Crippen LogP contribution in [0, 0.1) is 5.82 Å². The van der Waals surface area contributed by atoms with Gasteiger partial charge in [0, 0.05) is 31.2 Å². The number of nitrogens with zero attached hydrogens (tertiary/aromatic N) is 2. The van der Waals surface area contributed by atoms with Gasteiger partial charge in [-0.15, -0.1) is 0 Å². The average Bonchev–Trinajstić information content (AvgIpc) is 2.77. The Morgan fingerprint density at radius 2 is 2.17 bits per heavy atom. The Hall–Kier alpha value is -1.68. The summed E-state index contributed by atoms with van der Waals surface area (Å²) < 4.78 is 15.0. The van der Waals surface area contributed by atoms with Gasteiger partial charge in [-0.3, -0.25) is 0 Å². The van der Waals surface area contributed by atoms with Crippen LogP contribution in [0.5, 0.6) is 0 Å². The summed E-state index contributed by atoms with van der Waals surface area (Å²) in [6.45, 7) is 3.88. The largest absolute Gasteiger partial charge is 0.330 e. The summed E-state index contributed by atoms with van der Waals surface area (Å²) in [5.74, 6) is -0.191. The highest BCUT2D eigenvalue weighted by Gasteiger charge is 2.20. The van der Waals surface area contributed by atoms with E-state index in [2.05, 4.69) is 21.8 Å². The predicted molar refractivity (Wildman–Crippen MR) is 67.9 cm³/mol. The second kappa shape index (κ2) is 4.53. The molecule has 3 nitrogen and oxygen atoms in total. The van der Waals surface area contributed by atoms with Crippen LogP contribution in [0.3, 0.4) is 0 Å². The van der Waals surface area contributed by atoms with Gasteiger partial charge < -0.3 is 9.88 Å². The van der Waals surface area contributed by atoms with E-state index in [1.165, 1.54) is 17.8 Å². The molecule has 0 saturated carbocycles. The first-order valence-electron chi connectivity index (χ1n) is 6.26. The number of nitrogens with one attached hydrogen (secondary N) is 1. The topological polar surface area (TPSA) is 29.9 Å². The maximum Gasteiger partial charge on any atom is 0.123 e. The smallest absolute Gasteiger partial charge is 0.123 e. The fraction of sp³-hybridized carbons (Fsp3) is 0.357. The molecule has 0 radical (unpaired) electrons. The molecule has 0 fully saturated rings. The quantitative estimate of drug-likeness (QED) is 0.879. The van der Waals surface area contributed by atoms with Crippen molar-refractivity contribution in [3.05, 3.63) is 53.4 Å². The Labute approximate surface area is 106 Å². The van der Waals surface area contributed by atoms with Crippen molar-refractivity contribution >= 4 is 0 Å². The van der Waals surface area contributed by atoms with Crippen molar-refractivity contribution in [2.45, 2.75) is 25.9 Å². The van der Waals surface area contributed by atoms with Gasteiger partial charge in [0.15, 0.2) is 0 Å². The first kappa shape index (κ1) is 11.4. The summed E-state index contributed by atoms with van der Waals surface area (Å²) in [5.41, 5.74) is 3.54. The van der Waals surface area contributed by atoms with Crippen molar-refractivity contribution in [2.75, 3.05) is 6.54 Å². The predicted octanol–water partition coefficient (Wildman–Crippen LogP) is 2.28. The van der Waals surface area contributed by atoms with Crippen LogP contribution in [0.25, 0.3) is 0 Å². The SMILES string of the molecule is CC1NCCc2c1ncn2Cc1ccc(F)cc1. The summed E-state index contributed by atoms with van der Waals surface area (Å²) in [5, 5.41) is 3.40. The molecule has 94 valence electrons. The highest BCUT2D eigenvalue weighted by molar-refractivity contribution is 5.23. The number of hydrogen-bond donors (Lipinski definition) is 1. The van der Waals surface area contributed by atoms with E-state index in [0.29, 0.717) is 6.04 Å². The lowest BCUT2D eigenvalue weighted by Gasteiger charge is -2.21. The first-order chi connectivity index (χ1) is 8.74. The van der Waals surface area contributed by atoms with Crippen LogP contribution in [-0.2, 0) is 13.0 Å². The molecule has 0 spiro atoms. The monoisotopic (exact) mass is 245 g/mol. The van der Waals surface area contributed by atoms with Crippen LogP contribution in [0.15, 0.2) is 30.6 Å². The van der Waals surface area contributed by atoms with Gasteiger partial charge in [0.2, 0.25) is 0 Å². The number of halogens is 1. The zero-order valence-corrected chi connectivity index (χ0v) is 10.4. The Morgan fingerprint density at radius 3 is 2.94 bits per heavy atom. The maximum atomic E-state index is 12.9. The van der Waals surface area contributed by atoms with Gasteiger partial charge in [-0.2, -0.15) is 0 Å². The molecule has 1 unspecified atom stereocenters. The lowest BCUT2D eigenvalue weighted by molar-refractivity contribution is 0.516. The summed E-state index contributed by atoms with van der Waals surface area (Å²) in [7, 11) is 0. The third-order valence-electron chi connectivity index (χ3n) is 3.47. The number of hydrogen-bond acceptors (Lipinski definition) is 2. The van der Waals surface area contributed by atoms with Gasteiger partial charge in [0.25, 0.3) is 0 Å². The Kier molecular flexibility index (Phi) is 2.88. The minimum Gasteiger partial charge on any atom is -0.330 e. The van der Waals surface area contributed by atoms with Crippen molar-refractivity contribution in [2.24, 2.45) is 0 Å². The van der Waals surface area contributed by atoms with E-state index in [4.69, 9.17) is 0 Å². The van der Waals surface area contributed by atoms with Crippen LogP contribution < -0.4 is 5.32 Å². The van der Waals surface area contributed by atoms with Crippen molar-refractivity contribution in [3.8, 4) is 0 Å². The molecule has 0 aliphatic carbocycles. The van der Waals surface area contributed by atoms with Crippen molar-refractivity contribution in [3.63, 3.8) is 0 Å². The lowest BCUT2D eigenvalue weighted by Crippen LogP contribution is -2.29. The second-order valence-electron chi connectivity index (χ2n) is 4.76. The zero-order valence-electron chi connectivity index (χ0n) is 10.4. The van der Waals surface area contributed by atoms with Crippen LogP contribution in [0.1, 0.15) is 29.9 Å². The van der Waals surface area contributed by atoms with Gasteiger partial charge in [-0.05, 0) is 24.6 Å². The molecule has 2 aromatic rings. The van der Waals surface area contributed by atoms with Gasteiger partial charge in [0.05, 0.1) is 12.0 Å². The summed E-state index contributed by atoms with van der Waals surface area (Å²) in [6.07, 6.45) is 2.89. The normalized spacial score (nSPS) is 18.7. The number of rotatable bonds is 2. The zero-order chi connectivity index (χ0) is 12.5. The molecule has 1 aromatic carbocycles. The van der Waals surface area contributed by atoms with E-state index < -0.39 is 0 Å². The number of aromatic nitrogens is 2. The molecule has 1 atom stereocenters. The van der Waals surface area contributed by atoms with Gasteiger partial charge in [0.1, 0.15) is 5.82 Å². The fourth-order valence-electron chi connectivity index (χ4n) is 2.48. The minimum atomic E-state index is -0.191. The lowest BCUT2D eigenvalue weighted by atomic mass is 10.1. The van der Waals surface area contributed by atoms with E-state index >= 15 is 0 Å². The average molecular weight is 245 g/mol. The molecule has 0 amide bonds. The van der Waals surface area contributed by atoms with Gasteiger partial charge in [-0.1, -0.05) is 12.1 Å². The molecule has 4 heteroatoms. The maximum absolute atomic E-state index is 12.9. The van der Waals surface area contributed by atoms with Crippen LogP contribution in [0.2, 0.25) is 0 Å². The highest BCUT2D eigenvalue weighted by Crippen LogP contribution is 2.21. The molecule has 1 N–H and O–H groups in total. The Morgan fingerprint density at radius 1 is 1.39 bits per heavy atom. The highest BCUT2D eigenvalue weighted by atomic mass is 19.1. The summed E-state index contributed by atoms with van der Waals surface area (Å²) >= 11 is 0. The van der Waals surface area contributed by atoms with Crippen LogP contribution in [-0.4, -0.2) is 16.1 Å². The first-order valence-corrected chi connectivity index (χ1v) is 6.26.